The molecule has 0 unspecified atom stereocenters. The number of hydrogen-bond acceptors (Lipinski definition) is 6. The zero-order valence-electron chi connectivity index (χ0n) is 13.8. The first kappa shape index (κ1) is 16.5. The molecule has 2 heterocycles. The lowest BCUT2D eigenvalue weighted by atomic mass is 10.2. The van der Waals surface area contributed by atoms with Gasteiger partial charge < -0.3 is 14.9 Å². The van der Waals surface area contributed by atoms with Crippen molar-refractivity contribution in [2.24, 2.45) is 0 Å². The van der Waals surface area contributed by atoms with Crippen LogP contribution in [0.5, 0.6) is 5.75 Å². The molecule has 0 aliphatic carbocycles. The maximum absolute atomic E-state index is 12.3. The predicted octanol–water partition coefficient (Wildman–Crippen LogP) is 2.72. The third-order valence-corrected chi connectivity index (χ3v) is 5.08. The quantitative estimate of drug-likeness (QED) is 0.892. The second-order valence-electron chi connectivity index (χ2n) is 5.99. The molecule has 8 heteroatoms. The molecule has 0 spiro atoms. The Labute approximate surface area is 144 Å². The van der Waals surface area contributed by atoms with Crippen LogP contribution in [-0.4, -0.2) is 52.4 Å². The third-order valence-electron chi connectivity index (χ3n) is 3.94. The average molecular weight is 347 g/mol. The van der Waals surface area contributed by atoms with Gasteiger partial charge in [0.2, 0.25) is 5.13 Å². The van der Waals surface area contributed by atoms with Crippen LogP contribution in [0.1, 0.15) is 24.8 Å². The lowest BCUT2D eigenvalue weighted by molar-refractivity contribution is 0.208. The Morgan fingerprint density at radius 1 is 1.21 bits per heavy atom. The fourth-order valence-electron chi connectivity index (χ4n) is 2.57. The Kier molecular flexibility index (Phi) is 4.84. The number of para-hydroxylation sites is 2. The summed E-state index contributed by atoms with van der Waals surface area (Å²) in [6, 6.07) is 7.11. The number of benzene rings is 1. The summed E-state index contributed by atoms with van der Waals surface area (Å²) in [5.41, 5.74) is 0.809. The van der Waals surface area contributed by atoms with Gasteiger partial charge in [-0.3, -0.25) is 5.32 Å². The van der Waals surface area contributed by atoms with Crippen LogP contribution in [0, 0.1) is 0 Å². The number of piperazine rings is 1. The van der Waals surface area contributed by atoms with Gasteiger partial charge in [-0.2, -0.15) is 0 Å². The Morgan fingerprint density at radius 2 is 1.92 bits per heavy atom. The molecule has 1 fully saturated rings. The van der Waals surface area contributed by atoms with E-state index in [0.29, 0.717) is 37.2 Å². The van der Waals surface area contributed by atoms with Crippen LogP contribution in [0.2, 0.25) is 0 Å². The van der Waals surface area contributed by atoms with Gasteiger partial charge in [-0.05, 0) is 12.1 Å². The van der Waals surface area contributed by atoms with Crippen molar-refractivity contribution in [1.29, 1.82) is 0 Å². The molecule has 0 atom stereocenters. The van der Waals surface area contributed by atoms with E-state index >= 15 is 0 Å². The average Bonchev–Trinajstić information content (AvgIpc) is 3.04. The monoisotopic (exact) mass is 347 g/mol. The lowest BCUT2D eigenvalue weighted by Crippen LogP contribution is -2.50. The first-order valence-corrected chi connectivity index (χ1v) is 8.78. The molecule has 128 valence electrons. The standard InChI is InChI=1S/C16H21N5O2S/c1-11(2)14-18-19-15(24-14)17-16(23)21-9-7-20(8-10-21)12-5-3-4-6-13(12)22/h3-6,11,22H,7-10H2,1-2H3,(H,17,19,23). The van der Waals surface area contributed by atoms with Gasteiger partial charge in [0.25, 0.3) is 0 Å². The highest BCUT2D eigenvalue weighted by Crippen LogP contribution is 2.27. The van der Waals surface area contributed by atoms with E-state index in [-0.39, 0.29) is 11.8 Å². The van der Waals surface area contributed by atoms with E-state index in [0.717, 1.165) is 10.7 Å². The van der Waals surface area contributed by atoms with Gasteiger partial charge in [0.15, 0.2) is 0 Å². The van der Waals surface area contributed by atoms with Gasteiger partial charge in [0.05, 0.1) is 5.69 Å². The number of aromatic nitrogens is 2. The number of aromatic hydroxyl groups is 1. The molecule has 2 N–H and O–H groups in total. The highest BCUT2D eigenvalue weighted by atomic mass is 32.1. The summed E-state index contributed by atoms with van der Waals surface area (Å²) in [6.45, 7) is 6.64. The zero-order valence-corrected chi connectivity index (χ0v) is 14.6. The smallest absolute Gasteiger partial charge is 0.323 e. The van der Waals surface area contributed by atoms with E-state index in [1.54, 1.807) is 17.0 Å². The van der Waals surface area contributed by atoms with Crippen molar-refractivity contribution in [2.45, 2.75) is 19.8 Å². The van der Waals surface area contributed by atoms with Crippen molar-refractivity contribution < 1.29 is 9.90 Å². The van der Waals surface area contributed by atoms with Crippen molar-refractivity contribution in [3.05, 3.63) is 29.3 Å². The van der Waals surface area contributed by atoms with E-state index in [1.165, 1.54) is 11.3 Å². The number of nitrogens with zero attached hydrogens (tertiary/aromatic N) is 4. The molecule has 0 radical (unpaired) electrons. The number of carbonyl (C=O) groups excluding carboxylic acids is 1. The first-order chi connectivity index (χ1) is 11.5. The SMILES string of the molecule is CC(C)c1nnc(NC(=O)N2CCN(c3ccccc3O)CC2)s1. The number of phenols is 1. The Hall–Kier alpha value is -2.35. The molecule has 1 aromatic heterocycles. The van der Waals surface area contributed by atoms with Gasteiger partial charge in [-0.15, -0.1) is 10.2 Å². The topological polar surface area (TPSA) is 81.6 Å². The molecule has 2 aromatic rings. The Balaban J connectivity index is 1.56. The summed E-state index contributed by atoms with van der Waals surface area (Å²) in [5.74, 6) is 0.570. The molecule has 7 nitrogen and oxygen atoms in total. The minimum atomic E-state index is -0.154. The number of anilines is 2. The summed E-state index contributed by atoms with van der Waals surface area (Å²) in [7, 11) is 0. The van der Waals surface area contributed by atoms with Crippen LogP contribution in [0.15, 0.2) is 24.3 Å². The molecule has 1 aliphatic heterocycles. The van der Waals surface area contributed by atoms with Crippen LogP contribution in [0.4, 0.5) is 15.6 Å². The maximum Gasteiger partial charge on any atom is 0.323 e. The van der Waals surface area contributed by atoms with Crippen molar-refractivity contribution in [2.75, 3.05) is 36.4 Å². The van der Waals surface area contributed by atoms with E-state index in [2.05, 4.69) is 20.4 Å². The maximum atomic E-state index is 12.3. The number of amides is 2. The van der Waals surface area contributed by atoms with Crippen molar-refractivity contribution in [3.8, 4) is 5.75 Å². The number of carbonyl (C=O) groups is 1. The van der Waals surface area contributed by atoms with Gasteiger partial charge in [0.1, 0.15) is 10.8 Å². The van der Waals surface area contributed by atoms with Gasteiger partial charge in [-0.25, -0.2) is 4.79 Å². The van der Waals surface area contributed by atoms with E-state index in [9.17, 15) is 9.90 Å². The number of phenolic OH excluding ortho intramolecular Hbond substituents is 1. The van der Waals surface area contributed by atoms with E-state index in [1.807, 2.05) is 26.0 Å². The van der Waals surface area contributed by atoms with Gasteiger partial charge in [-0.1, -0.05) is 37.3 Å². The summed E-state index contributed by atoms with van der Waals surface area (Å²) >= 11 is 1.41. The number of rotatable bonds is 3. The van der Waals surface area contributed by atoms with Crippen LogP contribution in [-0.2, 0) is 0 Å². The predicted molar refractivity (Wildman–Crippen MR) is 94.9 cm³/mol. The third kappa shape index (κ3) is 3.59. The van der Waals surface area contributed by atoms with Gasteiger partial charge in [0, 0.05) is 32.1 Å². The summed E-state index contributed by atoms with van der Waals surface area (Å²) in [4.78, 5) is 16.2. The second-order valence-corrected chi connectivity index (χ2v) is 7.00. The number of urea groups is 1. The minimum Gasteiger partial charge on any atom is -0.506 e. The molecule has 0 bridgehead atoms. The normalized spacial score (nSPS) is 15.0. The fraction of sp³-hybridized carbons (Fsp3) is 0.438. The van der Waals surface area contributed by atoms with E-state index < -0.39 is 0 Å². The van der Waals surface area contributed by atoms with Crippen LogP contribution in [0.3, 0.4) is 0 Å². The highest BCUT2D eigenvalue weighted by Gasteiger charge is 2.23. The summed E-state index contributed by atoms with van der Waals surface area (Å²) < 4.78 is 0. The van der Waals surface area contributed by atoms with Crippen molar-refractivity contribution in [3.63, 3.8) is 0 Å². The largest absolute Gasteiger partial charge is 0.506 e. The zero-order chi connectivity index (χ0) is 17.1. The number of nitrogens with one attached hydrogen (secondary N) is 1. The molecule has 2 amide bonds. The van der Waals surface area contributed by atoms with Gasteiger partial charge >= 0.3 is 6.03 Å². The van der Waals surface area contributed by atoms with Crippen molar-refractivity contribution in [1.82, 2.24) is 15.1 Å². The molecule has 0 saturated carbocycles. The molecular formula is C16H21N5O2S. The highest BCUT2D eigenvalue weighted by molar-refractivity contribution is 7.15. The second kappa shape index (κ2) is 7.04. The molecule has 1 saturated heterocycles. The van der Waals surface area contributed by atoms with E-state index in [4.69, 9.17) is 0 Å². The fourth-order valence-corrected chi connectivity index (χ4v) is 3.31. The summed E-state index contributed by atoms with van der Waals surface area (Å²) in [5, 5.41) is 22.3. The van der Waals surface area contributed by atoms with Crippen molar-refractivity contribution >= 4 is 28.2 Å². The molecular weight excluding hydrogens is 326 g/mol. The Morgan fingerprint density at radius 3 is 2.54 bits per heavy atom. The van der Waals surface area contributed by atoms with Crippen LogP contribution >= 0.6 is 11.3 Å². The molecule has 24 heavy (non-hydrogen) atoms. The first-order valence-electron chi connectivity index (χ1n) is 7.97. The van der Waals surface area contributed by atoms with Crippen LogP contribution in [0.25, 0.3) is 0 Å². The summed E-state index contributed by atoms with van der Waals surface area (Å²) in [6.07, 6.45) is 0. The molecule has 1 aliphatic rings. The number of hydrogen-bond donors (Lipinski definition) is 2. The lowest BCUT2D eigenvalue weighted by Gasteiger charge is -2.36. The molecule has 1 aromatic carbocycles. The Bertz CT molecular complexity index is 710. The van der Waals surface area contributed by atoms with Crippen LogP contribution < -0.4 is 10.2 Å². The minimum absolute atomic E-state index is 0.154. The molecule has 3 rings (SSSR count).